The second kappa shape index (κ2) is 6.80. The topological polar surface area (TPSA) is 44.8 Å². The van der Waals surface area contributed by atoms with Gasteiger partial charge < -0.3 is 14.2 Å². The second-order valence-electron chi connectivity index (χ2n) is 3.58. The first-order chi connectivity index (χ1) is 6.99. The molecule has 1 atom stereocenters. The molecule has 0 aromatic heterocycles. The van der Waals surface area contributed by atoms with Gasteiger partial charge in [0.1, 0.15) is 0 Å². The van der Waals surface area contributed by atoms with Crippen LogP contribution >= 0.6 is 0 Å². The normalized spacial score (nSPS) is 22.9. The van der Waals surface area contributed by atoms with Crippen molar-refractivity contribution in [1.82, 2.24) is 0 Å². The van der Waals surface area contributed by atoms with Crippen molar-refractivity contribution in [2.75, 3.05) is 13.2 Å². The molecule has 1 aliphatic rings. The van der Waals surface area contributed by atoms with E-state index >= 15 is 0 Å². The van der Waals surface area contributed by atoms with E-state index in [2.05, 4.69) is 0 Å². The Morgan fingerprint density at radius 3 is 2.47 bits per heavy atom. The van der Waals surface area contributed by atoms with E-state index in [1.54, 1.807) is 0 Å². The maximum absolute atomic E-state index is 10.5. The zero-order chi connectivity index (χ0) is 11.9. The van der Waals surface area contributed by atoms with Crippen molar-refractivity contribution in [2.24, 2.45) is 0 Å². The Balaban J connectivity index is 0.000000921. The molecule has 0 aromatic rings. The van der Waals surface area contributed by atoms with E-state index in [1.807, 2.05) is 27.7 Å². The Kier molecular flexibility index (Phi) is 6.52. The molecular formula is C11H22O4. The Bertz CT molecular complexity index is 189. The molecule has 0 bridgehead atoms. The van der Waals surface area contributed by atoms with Gasteiger partial charge in [0.15, 0.2) is 5.79 Å². The molecule has 1 aliphatic heterocycles. The van der Waals surface area contributed by atoms with Crippen molar-refractivity contribution in [1.29, 1.82) is 0 Å². The van der Waals surface area contributed by atoms with Gasteiger partial charge in [0.05, 0.1) is 19.3 Å². The van der Waals surface area contributed by atoms with Gasteiger partial charge in [-0.05, 0) is 13.8 Å². The molecule has 0 amide bonds. The van der Waals surface area contributed by atoms with E-state index in [1.165, 1.54) is 6.92 Å². The molecule has 1 rings (SSSR count). The number of hydrogen-bond donors (Lipinski definition) is 0. The average molecular weight is 218 g/mol. The van der Waals surface area contributed by atoms with E-state index in [4.69, 9.17) is 14.2 Å². The molecule has 15 heavy (non-hydrogen) atoms. The fourth-order valence-corrected chi connectivity index (χ4v) is 1.24. The van der Waals surface area contributed by atoms with Crippen molar-refractivity contribution < 1.29 is 19.0 Å². The SMILES string of the molecule is CC.CC(=O)OCCC1COC(C)(C)O1. The Hall–Kier alpha value is -0.610. The molecule has 4 nitrogen and oxygen atoms in total. The minimum atomic E-state index is -0.485. The third kappa shape index (κ3) is 6.47. The maximum atomic E-state index is 10.5. The summed E-state index contributed by atoms with van der Waals surface area (Å²) in [5.41, 5.74) is 0. The van der Waals surface area contributed by atoms with Crippen molar-refractivity contribution in [3.63, 3.8) is 0 Å². The van der Waals surface area contributed by atoms with E-state index < -0.39 is 5.79 Å². The minimum Gasteiger partial charge on any atom is -0.466 e. The lowest BCUT2D eigenvalue weighted by Gasteiger charge is -2.16. The van der Waals surface area contributed by atoms with Crippen LogP contribution in [0.4, 0.5) is 0 Å². The molecule has 90 valence electrons. The lowest BCUT2D eigenvalue weighted by atomic mass is 10.3. The highest BCUT2D eigenvalue weighted by Gasteiger charge is 2.32. The third-order valence-corrected chi connectivity index (χ3v) is 1.81. The molecule has 1 saturated heterocycles. The van der Waals surface area contributed by atoms with Gasteiger partial charge in [-0.1, -0.05) is 13.8 Å². The molecule has 0 saturated carbocycles. The summed E-state index contributed by atoms with van der Waals surface area (Å²) in [6.07, 6.45) is 0.748. The second-order valence-corrected chi connectivity index (χ2v) is 3.58. The van der Waals surface area contributed by atoms with Crippen LogP contribution in [0.5, 0.6) is 0 Å². The molecular weight excluding hydrogens is 196 g/mol. The van der Waals surface area contributed by atoms with Crippen LogP contribution < -0.4 is 0 Å². The van der Waals surface area contributed by atoms with Crippen LogP contribution in [0.25, 0.3) is 0 Å². The minimum absolute atomic E-state index is 0.0503. The van der Waals surface area contributed by atoms with Gasteiger partial charge in [-0.2, -0.15) is 0 Å². The number of ether oxygens (including phenoxy) is 3. The predicted octanol–water partition coefficient (Wildman–Crippen LogP) is 2.12. The lowest BCUT2D eigenvalue weighted by molar-refractivity contribution is -0.146. The molecule has 0 N–H and O–H groups in total. The summed E-state index contributed by atoms with van der Waals surface area (Å²) in [6.45, 7) is 10.1. The van der Waals surface area contributed by atoms with Gasteiger partial charge in [-0.15, -0.1) is 0 Å². The number of hydrogen-bond acceptors (Lipinski definition) is 4. The molecule has 1 fully saturated rings. The van der Waals surface area contributed by atoms with Crippen molar-refractivity contribution in [3.8, 4) is 0 Å². The molecule has 4 heteroatoms. The fraction of sp³-hybridized carbons (Fsp3) is 0.909. The third-order valence-electron chi connectivity index (χ3n) is 1.81. The van der Waals surface area contributed by atoms with E-state index in [0.29, 0.717) is 19.6 Å². The molecule has 1 unspecified atom stereocenters. The number of rotatable bonds is 3. The zero-order valence-corrected chi connectivity index (χ0v) is 10.3. The Morgan fingerprint density at radius 1 is 1.47 bits per heavy atom. The average Bonchev–Trinajstić information content (AvgIpc) is 2.48. The summed E-state index contributed by atoms with van der Waals surface area (Å²) >= 11 is 0. The van der Waals surface area contributed by atoms with Crippen LogP contribution in [0.15, 0.2) is 0 Å². The van der Waals surface area contributed by atoms with Gasteiger partial charge in [0, 0.05) is 13.3 Å². The Morgan fingerprint density at radius 2 is 2.07 bits per heavy atom. The maximum Gasteiger partial charge on any atom is 0.302 e. The first kappa shape index (κ1) is 14.4. The lowest BCUT2D eigenvalue weighted by Crippen LogP contribution is -2.22. The number of carbonyl (C=O) groups is 1. The summed E-state index contributed by atoms with van der Waals surface area (Å²) in [4.78, 5) is 10.5. The van der Waals surface area contributed by atoms with Crippen LogP contribution in [0, 0.1) is 0 Å². The van der Waals surface area contributed by atoms with Gasteiger partial charge in [-0.25, -0.2) is 0 Å². The highest BCUT2D eigenvalue weighted by molar-refractivity contribution is 5.65. The summed E-state index contributed by atoms with van der Waals surface area (Å²) in [5.74, 6) is -0.737. The smallest absolute Gasteiger partial charge is 0.302 e. The van der Waals surface area contributed by atoms with Gasteiger partial charge in [0.25, 0.3) is 0 Å². The monoisotopic (exact) mass is 218 g/mol. The van der Waals surface area contributed by atoms with Crippen LogP contribution in [-0.4, -0.2) is 31.1 Å². The first-order valence-electron chi connectivity index (χ1n) is 5.45. The fourth-order valence-electron chi connectivity index (χ4n) is 1.24. The number of esters is 1. The summed E-state index contributed by atoms with van der Waals surface area (Å²) < 4.78 is 15.7. The van der Waals surface area contributed by atoms with Crippen LogP contribution in [0.3, 0.4) is 0 Å². The number of carbonyl (C=O) groups excluding carboxylic acids is 1. The molecule has 0 spiro atoms. The molecule has 1 heterocycles. The van der Waals surface area contributed by atoms with Crippen LogP contribution in [0.1, 0.15) is 41.0 Å². The standard InChI is InChI=1S/C9H16O4.C2H6/c1-7(10)11-5-4-8-6-12-9(2,3)13-8;1-2/h8H,4-6H2,1-3H3;1-2H3. The van der Waals surface area contributed by atoms with Crippen LogP contribution in [-0.2, 0) is 19.0 Å². The largest absolute Gasteiger partial charge is 0.466 e. The van der Waals surface area contributed by atoms with E-state index in [9.17, 15) is 4.79 Å². The molecule has 0 radical (unpaired) electrons. The van der Waals surface area contributed by atoms with Crippen molar-refractivity contribution in [3.05, 3.63) is 0 Å². The van der Waals surface area contributed by atoms with Gasteiger partial charge in [0.2, 0.25) is 0 Å². The predicted molar refractivity (Wildman–Crippen MR) is 57.5 cm³/mol. The summed E-state index contributed by atoms with van der Waals surface area (Å²) in [5, 5.41) is 0. The zero-order valence-electron chi connectivity index (χ0n) is 10.3. The van der Waals surface area contributed by atoms with E-state index in [-0.39, 0.29) is 12.1 Å². The van der Waals surface area contributed by atoms with Gasteiger partial charge >= 0.3 is 5.97 Å². The first-order valence-corrected chi connectivity index (χ1v) is 5.45. The molecule has 0 aromatic carbocycles. The van der Waals surface area contributed by atoms with Crippen molar-refractivity contribution >= 4 is 5.97 Å². The highest BCUT2D eigenvalue weighted by atomic mass is 16.7. The highest BCUT2D eigenvalue weighted by Crippen LogP contribution is 2.23. The quantitative estimate of drug-likeness (QED) is 0.681. The summed E-state index contributed by atoms with van der Waals surface area (Å²) in [6, 6.07) is 0. The van der Waals surface area contributed by atoms with Crippen LogP contribution in [0.2, 0.25) is 0 Å². The molecule has 0 aliphatic carbocycles. The summed E-state index contributed by atoms with van der Waals surface area (Å²) in [7, 11) is 0. The van der Waals surface area contributed by atoms with E-state index in [0.717, 1.165) is 0 Å². The van der Waals surface area contributed by atoms with Gasteiger partial charge in [-0.3, -0.25) is 4.79 Å². The van der Waals surface area contributed by atoms with Crippen molar-refractivity contribution in [2.45, 2.75) is 52.9 Å². The Labute approximate surface area is 91.9 Å².